The molecular weight excluding hydrogens is 525 g/mol. The molecule has 1 N–H and O–H groups in total. The summed E-state index contributed by atoms with van der Waals surface area (Å²) in [5.74, 6) is -1.22. The molecule has 0 unspecified atom stereocenters. The summed E-state index contributed by atoms with van der Waals surface area (Å²) in [6.45, 7) is 7.90. The van der Waals surface area contributed by atoms with Gasteiger partial charge in [0.2, 0.25) is 0 Å². The molecule has 0 spiro atoms. The summed E-state index contributed by atoms with van der Waals surface area (Å²) in [5, 5.41) is 7.40. The van der Waals surface area contributed by atoms with Crippen LogP contribution in [0.15, 0.2) is 71.2 Å². The number of allylic oxidation sites excluding steroid dienone is 2. The second kappa shape index (κ2) is 10.6. The van der Waals surface area contributed by atoms with E-state index in [0.29, 0.717) is 22.2 Å². The van der Waals surface area contributed by atoms with Crippen LogP contribution in [-0.4, -0.2) is 51.1 Å². The summed E-state index contributed by atoms with van der Waals surface area (Å²) in [5.41, 5.74) is 0.736. The maximum Gasteiger partial charge on any atom is 0.408 e. The highest BCUT2D eigenvalue weighted by atomic mass is 32.2. The van der Waals surface area contributed by atoms with Gasteiger partial charge in [-0.3, -0.25) is 9.78 Å². The minimum atomic E-state index is -3.99. The molecule has 1 aliphatic heterocycles. The number of rotatable bonds is 6. The molecule has 1 aliphatic rings. The number of pyridine rings is 1. The first-order chi connectivity index (χ1) is 18.3. The Morgan fingerprint density at radius 3 is 2.59 bits per heavy atom. The van der Waals surface area contributed by atoms with Crippen LogP contribution in [-0.2, 0) is 32.6 Å². The van der Waals surface area contributed by atoms with E-state index >= 15 is 0 Å². The summed E-state index contributed by atoms with van der Waals surface area (Å²) >= 11 is 0. The van der Waals surface area contributed by atoms with Crippen molar-refractivity contribution in [1.82, 2.24) is 24.4 Å². The topological polar surface area (TPSA) is 123 Å². The van der Waals surface area contributed by atoms with Crippen LogP contribution in [0.4, 0.5) is 9.18 Å². The number of nitrogens with one attached hydrogen (secondary N) is 1. The molecule has 2 amide bonds. The van der Waals surface area contributed by atoms with E-state index in [9.17, 15) is 22.4 Å². The Labute approximate surface area is 226 Å². The summed E-state index contributed by atoms with van der Waals surface area (Å²) in [6.07, 6.45) is 5.09. The van der Waals surface area contributed by atoms with Gasteiger partial charge in [0.1, 0.15) is 17.5 Å². The molecule has 12 heteroatoms. The third kappa shape index (κ3) is 6.00. The van der Waals surface area contributed by atoms with Crippen LogP contribution in [0.5, 0.6) is 0 Å². The first-order valence-corrected chi connectivity index (χ1v) is 13.7. The Balaban J connectivity index is 1.57. The van der Waals surface area contributed by atoms with Gasteiger partial charge in [-0.2, -0.15) is 17.6 Å². The molecule has 1 atom stereocenters. The number of amides is 2. The zero-order chi connectivity index (χ0) is 28.5. The van der Waals surface area contributed by atoms with Gasteiger partial charge < -0.3 is 15.0 Å². The van der Waals surface area contributed by atoms with Crippen molar-refractivity contribution < 1.29 is 27.1 Å². The van der Waals surface area contributed by atoms with Crippen LogP contribution in [0.3, 0.4) is 0 Å². The predicted octanol–water partition coefficient (Wildman–Crippen LogP) is 4.22. The zero-order valence-corrected chi connectivity index (χ0v) is 23.1. The Kier molecular flexibility index (Phi) is 7.60. The number of alkyl carbamates (subject to hydrolysis) is 1. The fourth-order valence-electron chi connectivity index (χ4n) is 4.20. The highest BCUT2D eigenvalue weighted by molar-refractivity contribution is 7.89. The number of carbonyl (C=O) groups excluding carboxylic acids is 2. The van der Waals surface area contributed by atoms with E-state index in [4.69, 9.17) is 4.74 Å². The summed E-state index contributed by atoms with van der Waals surface area (Å²) in [4.78, 5) is 31.7. The fraction of sp³-hybridized carbons (Fsp3) is 0.333. The van der Waals surface area contributed by atoms with Crippen molar-refractivity contribution >= 4 is 32.9 Å². The third-order valence-electron chi connectivity index (χ3n) is 5.95. The number of aromatic nitrogens is 3. The lowest BCUT2D eigenvalue weighted by molar-refractivity contribution is -0.133. The first kappa shape index (κ1) is 28.0. The molecule has 0 saturated heterocycles. The largest absolute Gasteiger partial charge is 0.444 e. The maximum absolute atomic E-state index is 14.5. The molecular formula is C27H30FN5O5S. The number of nitrogens with zero attached hydrogens (tertiary/aromatic N) is 4. The SMILES string of the molecule is C/C=C\C(=C(/C)F)[C@@H](NC(=O)OC(C)(C)C)C(=O)N1Cc2cn(S(=O)(=O)c3ccc4ncccc4c3)nc2C1. The lowest BCUT2D eigenvalue weighted by Gasteiger charge is -2.27. The smallest absolute Gasteiger partial charge is 0.408 e. The van der Waals surface area contributed by atoms with Crippen molar-refractivity contribution in [3.05, 3.63) is 77.5 Å². The first-order valence-electron chi connectivity index (χ1n) is 12.2. The van der Waals surface area contributed by atoms with E-state index in [1.165, 1.54) is 36.2 Å². The molecule has 0 radical (unpaired) electrons. The normalized spacial score (nSPS) is 15.3. The van der Waals surface area contributed by atoms with Gasteiger partial charge in [0.25, 0.3) is 15.9 Å². The standard InChI is InChI=1S/C27H30FN5O5S/c1-6-8-21(17(2)28)24(30-26(35)38-27(3,4)5)25(34)32-14-19-15-33(31-23(19)16-32)39(36,37)20-10-11-22-18(13-20)9-7-12-29-22/h6-13,15,24H,14,16H2,1-5H3,(H,30,35)/b8-6-,21-17-/t24-/m1/s1. The van der Waals surface area contributed by atoms with Gasteiger partial charge in [0, 0.05) is 35.5 Å². The number of halogens is 1. The second-order valence-electron chi connectivity index (χ2n) is 10.1. The number of ether oxygens (including phenoxy) is 1. The molecule has 0 fully saturated rings. The molecule has 10 nitrogen and oxygen atoms in total. The van der Waals surface area contributed by atoms with Crippen molar-refractivity contribution in [1.29, 1.82) is 0 Å². The molecule has 39 heavy (non-hydrogen) atoms. The third-order valence-corrected chi connectivity index (χ3v) is 7.48. The molecule has 3 aromatic rings. The summed E-state index contributed by atoms with van der Waals surface area (Å²) < 4.78 is 47.2. The van der Waals surface area contributed by atoms with Crippen molar-refractivity contribution in [2.24, 2.45) is 0 Å². The van der Waals surface area contributed by atoms with Crippen LogP contribution in [0.25, 0.3) is 10.9 Å². The van der Waals surface area contributed by atoms with E-state index in [1.807, 2.05) is 0 Å². The van der Waals surface area contributed by atoms with Crippen LogP contribution >= 0.6 is 0 Å². The van der Waals surface area contributed by atoms with Crippen molar-refractivity contribution in [2.45, 2.75) is 64.2 Å². The molecule has 3 heterocycles. The number of hydrogen-bond acceptors (Lipinski definition) is 7. The van der Waals surface area contributed by atoms with E-state index in [1.54, 1.807) is 58.2 Å². The van der Waals surface area contributed by atoms with Crippen LogP contribution in [0.2, 0.25) is 0 Å². The summed E-state index contributed by atoms with van der Waals surface area (Å²) in [6, 6.07) is 6.76. The van der Waals surface area contributed by atoms with Crippen molar-refractivity contribution in [3.8, 4) is 0 Å². The van der Waals surface area contributed by atoms with Gasteiger partial charge in [-0.05, 0) is 58.9 Å². The highest BCUT2D eigenvalue weighted by Crippen LogP contribution is 2.27. The lowest BCUT2D eigenvalue weighted by atomic mass is 10.0. The van der Waals surface area contributed by atoms with Crippen molar-refractivity contribution in [3.63, 3.8) is 0 Å². The van der Waals surface area contributed by atoms with Gasteiger partial charge in [-0.15, -0.1) is 0 Å². The molecule has 0 saturated carbocycles. The van der Waals surface area contributed by atoms with E-state index in [-0.39, 0.29) is 23.6 Å². The van der Waals surface area contributed by atoms with Crippen molar-refractivity contribution in [2.75, 3.05) is 0 Å². The van der Waals surface area contributed by atoms with Gasteiger partial charge in [0.15, 0.2) is 0 Å². The Morgan fingerprint density at radius 2 is 1.95 bits per heavy atom. The minimum Gasteiger partial charge on any atom is -0.444 e. The Hall–Kier alpha value is -4.06. The van der Waals surface area contributed by atoms with Crippen LogP contribution in [0, 0.1) is 0 Å². The van der Waals surface area contributed by atoms with E-state index < -0.39 is 39.5 Å². The molecule has 0 aliphatic carbocycles. The molecule has 206 valence electrons. The van der Waals surface area contributed by atoms with Gasteiger partial charge in [0.05, 0.1) is 22.7 Å². The predicted molar refractivity (Wildman–Crippen MR) is 143 cm³/mol. The number of fused-ring (bicyclic) bond motifs is 2. The lowest BCUT2D eigenvalue weighted by Crippen LogP contribution is -2.49. The van der Waals surface area contributed by atoms with Crippen LogP contribution in [0.1, 0.15) is 45.9 Å². The quantitative estimate of drug-likeness (QED) is 0.452. The average Bonchev–Trinajstić information content (AvgIpc) is 3.44. The molecule has 1 aromatic carbocycles. The average molecular weight is 556 g/mol. The maximum atomic E-state index is 14.5. The van der Waals surface area contributed by atoms with E-state index in [0.717, 1.165) is 4.09 Å². The minimum absolute atomic E-state index is 0.0146. The Bertz CT molecular complexity index is 1580. The summed E-state index contributed by atoms with van der Waals surface area (Å²) in [7, 11) is -3.99. The Morgan fingerprint density at radius 1 is 1.21 bits per heavy atom. The highest BCUT2D eigenvalue weighted by Gasteiger charge is 2.36. The molecule has 2 aromatic heterocycles. The molecule has 4 rings (SSSR count). The van der Waals surface area contributed by atoms with Gasteiger partial charge in [-0.25, -0.2) is 9.18 Å². The number of hydrogen-bond donors (Lipinski definition) is 1. The van der Waals surface area contributed by atoms with Gasteiger partial charge in [-0.1, -0.05) is 18.2 Å². The van der Waals surface area contributed by atoms with E-state index in [2.05, 4.69) is 15.4 Å². The second-order valence-corrected chi connectivity index (χ2v) is 11.9. The monoisotopic (exact) mass is 555 g/mol. The number of carbonyl (C=O) groups is 2. The van der Waals surface area contributed by atoms with Gasteiger partial charge >= 0.3 is 6.09 Å². The number of benzene rings is 1. The molecule has 0 bridgehead atoms. The zero-order valence-electron chi connectivity index (χ0n) is 22.3. The van der Waals surface area contributed by atoms with Crippen LogP contribution < -0.4 is 5.32 Å². The fourth-order valence-corrected chi connectivity index (χ4v) is 5.40.